The van der Waals surface area contributed by atoms with Crippen molar-refractivity contribution >= 4 is 29.9 Å². The second kappa shape index (κ2) is 13.4. The zero-order chi connectivity index (χ0) is 19.5. The molecule has 0 aliphatic heterocycles. The van der Waals surface area contributed by atoms with E-state index in [1.807, 2.05) is 16.7 Å². The normalized spacial score (nSPS) is 11.2. The van der Waals surface area contributed by atoms with Crippen LogP contribution in [0.1, 0.15) is 45.0 Å². The van der Waals surface area contributed by atoms with Gasteiger partial charge in [0.1, 0.15) is 24.5 Å². The van der Waals surface area contributed by atoms with Crippen LogP contribution in [0.3, 0.4) is 0 Å². The number of aryl methyl sites for hydroxylation is 1. The van der Waals surface area contributed by atoms with Crippen LogP contribution in [0.15, 0.2) is 35.6 Å². The summed E-state index contributed by atoms with van der Waals surface area (Å²) < 4.78 is 8.00. The molecule has 1 aromatic heterocycles. The van der Waals surface area contributed by atoms with Gasteiger partial charge in [0.2, 0.25) is 0 Å². The number of nitrogens with zero attached hydrogens (tertiary/aromatic N) is 4. The van der Waals surface area contributed by atoms with Crippen molar-refractivity contribution in [3.05, 3.63) is 42.0 Å². The van der Waals surface area contributed by atoms with Crippen LogP contribution in [-0.4, -0.2) is 47.0 Å². The highest BCUT2D eigenvalue weighted by atomic mass is 127. The summed E-state index contributed by atoms with van der Waals surface area (Å²) in [6, 6.07) is 8.21. The third-order valence-corrected chi connectivity index (χ3v) is 4.16. The molecule has 0 amide bonds. The molecule has 2 aromatic rings. The van der Waals surface area contributed by atoms with Gasteiger partial charge in [0.25, 0.3) is 0 Å². The van der Waals surface area contributed by atoms with Crippen LogP contribution >= 0.6 is 24.0 Å². The summed E-state index contributed by atoms with van der Waals surface area (Å²) in [6.07, 6.45) is 2.63. The van der Waals surface area contributed by atoms with Crippen molar-refractivity contribution in [2.24, 2.45) is 4.99 Å². The number of nitrogens with one attached hydrogen (secondary N) is 2. The van der Waals surface area contributed by atoms with E-state index in [1.165, 1.54) is 5.56 Å². The number of rotatable bonds is 10. The Morgan fingerprint density at radius 2 is 2.00 bits per heavy atom. The van der Waals surface area contributed by atoms with Crippen LogP contribution < -0.4 is 15.4 Å². The molecule has 2 N–H and O–H groups in total. The molecule has 0 bridgehead atoms. The van der Waals surface area contributed by atoms with Crippen LogP contribution in [0.25, 0.3) is 0 Å². The molecule has 1 heterocycles. The van der Waals surface area contributed by atoms with Crippen molar-refractivity contribution < 1.29 is 4.74 Å². The number of halogens is 1. The van der Waals surface area contributed by atoms with Gasteiger partial charge >= 0.3 is 0 Å². The number of ether oxygens (including phenoxy) is 1. The number of para-hydroxylation sites is 1. The van der Waals surface area contributed by atoms with Crippen LogP contribution in [0.2, 0.25) is 0 Å². The molecule has 0 saturated heterocycles. The second-order valence-corrected chi connectivity index (χ2v) is 6.52. The Kier molecular flexibility index (Phi) is 11.5. The molecule has 8 heteroatoms. The summed E-state index contributed by atoms with van der Waals surface area (Å²) in [7, 11) is 0. The SMILES string of the molecule is CCNC(=NCCn1cnnc1CC)NCCOc1ccccc1C(C)C.I. The van der Waals surface area contributed by atoms with Gasteiger partial charge in [-0.2, -0.15) is 0 Å². The Morgan fingerprint density at radius 3 is 2.71 bits per heavy atom. The highest BCUT2D eigenvalue weighted by Crippen LogP contribution is 2.25. The van der Waals surface area contributed by atoms with Crippen molar-refractivity contribution in [1.29, 1.82) is 0 Å². The fourth-order valence-corrected chi connectivity index (χ4v) is 2.77. The van der Waals surface area contributed by atoms with E-state index in [2.05, 4.69) is 65.7 Å². The molecule has 0 fully saturated rings. The van der Waals surface area contributed by atoms with Crippen LogP contribution in [-0.2, 0) is 13.0 Å². The zero-order valence-electron chi connectivity index (χ0n) is 17.3. The molecular formula is C20H33IN6O. The Balaban J connectivity index is 0.00000392. The van der Waals surface area contributed by atoms with Gasteiger partial charge in [-0.15, -0.1) is 34.2 Å². The van der Waals surface area contributed by atoms with E-state index >= 15 is 0 Å². The van der Waals surface area contributed by atoms with Crippen LogP contribution in [0.5, 0.6) is 5.75 Å². The first kappa shape index (κ1) is 24.2. The van der Waals surface area contributed by atoms with Crippen molar-refractivity contribution in [3.8, 4) is 5.75 Å². The summed E-state index contributed by atoms with van der Waals surface area (Å²) in [5, 5.41) is 14.6. The van der Waals surface area contributed by atoms with Gasteiger partial charge in [0.15, 0.2) is 5.96 Å². The molecule has 0 spiro atoms. The number of hydrogen-bond donors (Lipinski definition) is 2. The number of aromatic nitrogens is 3. The predicted octanol–water partition coefficient (Wildman–Crippen LogP) is 3.22. The largest absolute Gasteiger partial charge is 0.491 e. The summed E-state index contributed by atoms with van der Waals surface area (Å²) in [5.74, 6) is 3.18. The molecule has 156 valence electrons. The lowest BCUT2D eigenvalue weighted by molar-refractivity contribution is 0.317. The highest BCUT2D eigenvalue weighted by Gasteiger charge is 2.06. The fourth-order valence-electron chi connectivity index (χ4n) is 2.77. The number of hydrogen-bond acceptors (Lipinski definition) is 4. The Hall–Kier alpha value is -1.84. The minimum Gasteiger partial charge on any atom is -0.491 e. The molecular weight excluding hydrogens is 467 g/mol. The van der Waals surface area contributed by atoms with E-state index in [0.717, 1.165) is 37.0 Å². The quantitative estimate of drug-likeness (QED) is 0.227. The first-order chi connectivity index (χ1) is 13.2. The van der Waals surface area contributed by atoms with E-state index < -0.39 is 0 Å². The Bertz CT molecular complexity index is 716. The van der Waals surface area contributed by atoms with Gasteiger partial charge < -0.3 is 19.9 Å². The van der Waals surface area contributed by atoms with Crippen LogP contribution in [0, 0.1) is 0 Å². The minimum atomic E-state index is 0. The summed E-state index contributed by atoms with van der Waals surface area (Å²) in [4.78, 5) is 4.62. The van der Waals surface area contributed by atoms with Crippen molar-refractivity contribution in [3.63, 3.8) is 0 Å². The number of aliphatic imine (C=N–C) groups is 1. The lowest BCUT2D eigenvalue weighted by atomic mass is 10.0. The Morgan fingerprint density at radius 1 is 1.21 bits per heavy atom. The molecule has 28 heavy (non-hydrogen) atoms. The zero-order valence-corrected chi connectivity index (χ0v) is 19.6. The van der Waals surface area contributed by atoms with Gasteiger partial charge in [0, 0.05) is 19.5 Å². The molecule has 7 nitrogen and oxygen atoms in total. The van der Waals surface area contributed by atoms with E-state index in [1.54, 1.807) is 6.33 Å². The fraction of sp³-hybridized carbons (Fsp3) is 0.550. The molecule has 2 rings (SSSR count). The topological polar surface area (TPSA) is 76.4 Å². The highest BCUT2D eigenvalue weighted by molar-refractivity contribution is 14.0. The van der Waals surface area contributed by atoms with Crippen LogP contribution in [0.4, 0.5) is 0 Å². The molecule has 0 unspecified atom stereocenters. The van der Waals surface area contributed by atoms with Gasteiger partial charge in [-0.05, 0) is 24.5 Å². The molecule has 1 aromatic carbocycles. The molecule has 0 atom stereocenters. The summed E-state index contributed by atoms with van der Waals surface area (Å²) in [6.45, 7) is 12.0. The number of guanidine groups is 1. The standard InChI is InChI=1S/C20H32N6O.HI/c1-5-19-25-24-15-26(19)13-11-22-20(21-6-2)23-12-14-27-18-10-8-7-9-17(18)16(3)4;/h7-10,15-16H,5-6,11-14H2,1-4H3,(H2,21,22,23);1H. The van der Waals surface area contributed by atoms with E-state index in [9.17, 15) is 0 Å². The average Bonchev–Trinajstić information content (AvgIpc) is 3.13. The van der Waals surface area contributed by atoms with E-state index in [0.29, 0.717) is 25.6 Å². The molecule has 0 radical (unpaired) electrons. The molecule has 0 saturated carbocycles. The maximum absolute atomic E-state index is 5.95. The first-order valence-corrected chi connectivity index (χ1v) is 9.76. The maximum Gasteiger partial charge on any atom is 0.191 e. The Labute approximate surface area is 185 Å². The van der Waals surface area contributed by atoms with E-state index in [-0.39, 0.29) is 24.0 Å². The molecule has 0 aliphatic rings. The van der Waals surface area contributed by atoms with Gasteiger partial charge in [-0.25, -0.2) is 0 Å². The smallest absolute Gasteiger partial charge is 0.191 e. The predicted molar refractivity (Wildman–Crippen MR) is 125 cm³/mol. The van der Waals surface area contributed by atoms with Crippen molar-refractivity contribution in [2.75, 3.05) is 26.2 Å². The minimum absolute atomic E-state index is 0. The third-order valence-electron chi connectivity index (χ3n) is 4.16. The lowest BCUT2D eigenvalue weighted by Gasteiger charge is -2.15. The maximum atomic E-state index is 5.95. The third kappa shape index (κ3) is 7.65. The van der Waals surface area contributed by atoms with Crippen molar-refractivity contribution in [2.45, 2.75) is 46.6 Å². The average molecular weight is 500 g/mol. The van der Waals surface area contributed by atoms with Gasteiger partial charge in [-0.1, -0.05) is 39.0 Å². The lowest BCUT2D eigenvalue weighted by Crippen LogP contribution is -2.39. The van der Waals surface area contributed by atoms with Gasteiger partial charge in [0.05, 0.1) is 13.1 Å². The van der Waals surface area contributed by atoms with Crippen molar-refractivity contribution in [1.82, 2.24) is 25.4 Å². The van der Waals surface area contributed by atoms with Gasteiger partial charge in [-0.3, -0.25) is 4.99 Å². The second-order valence-electron chi connectivity index (χ2n) is 6.52. The monoisotopic (exact) mass is 500 g/mol. The summed E-state index contributed by atoms with van der Waals surface area (Å²) >= 11 is 0. The van der Waals surface area contributed by atoms with E-state index in [4.69, 9.17) is 4.74 Å². The first-order valence-electron chi connectivity index (χ1n) is 9.76. The number of benzene rings is 1. The molecule has 0 aliphatic carbocycles. The summed E-state index contributed by atoms with van der Waals surface area (Å²) in [5.41, 5.74) is 1.23.